The number of benzene rings is 1. The molecule has 110 valence electrons. The SMILES string of the molecule is O=C=NC1(c2ccc(C=O)c3c2OCCCO3)CCCC1. The second-order valence-electron chi connectivity index (χ2n) is 5.47. The van der Waals surface area contributed by atoms with E-state index in [-0.39, 0.29) is 0 Å². The Labute approximate surface area is 123 Å². The molecule has 0 saturated heterocycles. The Morgan fingerprint density at radius 1 is 1.10 bits per heavy atom. The third-order valence-electron chi connectivity index (χ3n) is 4.24. The van der Waals surface area contributed by atoms with Crippen LogP contribution in [0.15, 0.2) is 17.1 Å². The maximum Gasteiger partial charge on any atom is 0.235 e. The maximum atomic E-state index is 11.2. The Morgan fingerprint density at radius 2 is 1.81 bits per heavy atom. The van der Waals surface area contributed by atoms with E-state index in [4.69, 9.17) is 9.47 Å². The van der Waals surface area contributed by atoms with Crippen molar-refractivity contribution in [1.29, 1.82) is 0 Å². The second-order valence-corrected chi connectivity index (χ2v) is 5.47. The number of carbonyl (C=O) groups is 1. The minimum Gasteiger partial charge on any atom is -0.489 e. The highest BCUT2D eigenvalue weighted by atomic mass is 16.5. The molecule has 0 unspecified atom stereocenters. The Kier molecular flexibility index (Phi) is 3.76. The summed E-state index contributed by atoms with van der Waals surface area (Å²) in [5.41, 5.74) is 0.728. The molecule has 0 N–H and O–H groups in total. The maximum absolute atomic E-state index is 11.2. The van der Waals surface area contributed by atoms with Crippen LogP contribution in [0.3, 0.4) is 0 Å². The van der Waals surface area contributed by atoms with Crippen LogP contribution in [0.1, 0.15) is 48.0 Å². The van der Waals surface area contributed by atoms with Gasteiger partial charge in [-0.15, -0.1) is 0 Å². The molecule has 21 heavy (non-hydrogen) atoms. The number of ether oxygens (including phenoxy) is 2. The lowest BCUT2D eigenvalue weighted by molar-refractivity contribution is 0.111. The average molecular weight is 287 g/mol. The fourth-order valence-electron chi connectivity index (χ4n) is 3.23. The van der Waals surface area contributed by atoms with Crippen molar-refractivity contribution in [2.24, 2.45) is 4.99 Å². The van der Waals surface area contributed by atoms with Crippen molar-refractivity contribution in [2.75, 3.05) is 13.2 Å². The largest absolute Gasteiger partial charge is 0.489 e. The molecule has 0 aromatic heterocycles. The highest BCUT2D eigenvalue weighted by Gasteiger charge is 2.39. The summed E-state index contributed by atoms with van der Waals surface area (Å²) in [7, 11) is 0. The fourth-order valence-corrected chi connectivity index (χ4v) is 3.23. The van der Waals surface area contributed by atoms with E-state index in [0.29, 0.717) is 30.3 Å². The van der Waals surface area contributed by atoms with Gasteiger partial charge < -0.3 is 9.47 Å². The number of fused-ring (bicyclic) bond motifs is 1. The Hall–Kier alpha value is -2.13. The molecule has 0 bridgehead atoms. The van der Waals surface area contributed by atoms with E-state index in [1.54, 1.807) is 12.1 Å². The van der Waals surface area contributed by atoms with Crippen LogP contribution < -0.4 is 9.47 Å². The summed E-state index contributed by atoms with van der Waals surface area (Å²) in [6.45, 7) is 1.05. The van der Waals surface area contributed by atoms with Crippen LogP contribution in [0.2, 0.25) is 0 Å². The van der Waals surface area contributed by atoms with Crippen molar-refractivity contribution >= 4 is 12.4 Å². The van der Waals surface area contributed by atoms with Gasteiger partial charge in [0.2, 0.25) is 6.08 Å². The molecule has 1 aromatic carbocycles. The zero-order valence-corrected chi connectivity index (χ0v) is 11.8. The number of nitrogens with zero attached hydrogens (tertiary/aromatic N) is 1. The van der Waals surface area contributed by atoms with Gasteiger partial charge in [-0.1, -0.05) is 18.9 Å². The first kappa shape index (κ1) is 13.8. The summed E-state index contributed by atoms with van der Waals surface area (Å²) in [5, 5.41) is 0. The fraction of sp³-hybridized carbons (Fsp3) is 0.500. The van der Waals surface area contributed by atoms with Crippen LogP contribution in [-0.2, 0) is 10.3 Å². The molecule has 0 atom stereocenters. The summed E-state index contributed by atoms with van der Waals surface area (Å²) in [5.74, 6) is 1.05. The van der Waals surface area contributed by atoms with Gasteiger partial charge in [-0.25, -0.2) is 4.79 Å². The number of carbonyl (C=O) groups excluding carboxylic acids is 2. The molecule has 1 aliphatic heterocycles. The highest BCUT2D eigenvalue weighted by molar-refractivity contribution is 5.82. The van der Waals surface area contributed by atoms with Gasteiger partial charge in [-0.05, 0) is 18.9 Å². The van der Waals surface area contributed by atoms with E-state index >= 15 is 0 Å². The smallest absolute Gasteiger partial charge is 0.235 e. The van der Waals surface area contributed by atoms with E-state index in [9.17, 15) is 9.59 Å². The normalized spacial score (nSPS) is 19.4. The Morgan fingerprint density at radius 3 is 2.48 bits per heavy atom. The molecule has 1 fully saturated rings. The van der Waals surface area contributed by atoms with Crippen molar-refractivity contribution < 1.29 is 19.1 Å². The first-order valence-corrected chi connectivity index (χ1v) is 7.28. The molecule has 2 aliphatic rings. The lowest BCUT2D eigenvalue weighted by Crippen LogP contribution is -2.20. The number of hydrogen-bond acceptors (Lipinski definition) is 5. The summed E-state index contributed by atoms with van der Waals surface area (Å²) in [6, 6.07) is 3.56. The summed E-state index contributed by atoms with van der Waals surface area (Å²) >= 11 is 0. The summed E-state index contributed by atoms with van der Waals surface area (Å²) < 4.78 is 11.5. The molecular weight excluding hydrogens is 270 g/mol. The summed E-state index contributed by atoms with van der Waals surface area (Å²) in [6.07, 6.45) is 6.84. The Bertz CT molecular complexity index is 599. The van der Waals surface area contributed by atoms with Crippen molar-refractivity contribution in [3.8, 4) is 11.5 Å². The zero-order chi connectivity index (χ0) is 14.7. The van der Waals surface area contributed by atoms with Crippen LogP contribution >= 0.6 is 0 Å². The molecular formula is C16H17NO4. The van der Waals surface area contributed by atoms with Crippen molar-refractivity contribution in [1.82, 2.24) is 0 Å². The van der Waals surface area contributed by atoms with Crippen molar-refractivity contribution in [3.63, 3.8) is 0 Å². The predicted molar refractivity (Wildman–Crippen MR) is 75.7 cm³/mol. The van der Waals surface area contributed by atoms with Gasteiger partial charge in [0.1, 0.15) is 5.54 Å². The zero-order valence-electron chi connectivity index (χ0n) is 11.8. The number of aliphatic imine (C=N–C) groups is 1. The Balaban J connectivity index is 2.18. The summed E-state index contributed by atoms with van der Waals surface area (Å²) in [4.78, 5) is 26.2. The third kappa shape index (κ3) is 2.34. The number of aldehydes is 1. The molecule has 5 nitrogen and oxygen atoms in total. The predicted octanol–water partition coefficient (Wildman–Crippen LogP) is 2.77. The molecule has 1 aliphatic carbocycles. The van der Waals surface area contributed by atoms with Gasteiger partial charge in [0.15, 0.2) is 17.8 Å². The molecule has 1 heterocycles. The first-order valence-electron chi connectivity index (χ1n) is 7.28. The molecule has 0 amide bonds. The van der Waals surface area contributed by atoms with Gasteiger partial charge in [-0.2, -0.15) is 4.99 Å². The van der Waals surface area contributed by atoms with E-state index in [0.717, 1.165) is 44.0 Å². The standard InChI is InChI=1S/C16H17NO4/c18-10-12-4-5-13(15-14(12)20-8-3-9-21-15)16(17-11-19)6-1-2-7-16/h4-5,10H,1-3,6-9H2. The van der Waals surface area contributed by atoms with E-state index in [2.05, 4.69) is 4.99 Å². The molecule has 0 spiro atoms. The van der Waals surface area contributed by atoms with Crippen LogP contribution in [0.4, 0.5) is 0 Å². The molecule has 0 radical (unpaired) electrons. The lowest BCUT2D eigenvalue weighted by Gasteiger charge is -2.26. The van der Waals surface area contributed by atoms with Crippen LogP contribution in [0.5, 0.6) is 11.5 Å². The van der Waals surface area contributed by atoms with Gasteiger partial charge >= 0.3 is 0 Å². The van der Waals surface area contributed by atoms with Gasteiger partial charge in [0.05, 0.1) is 18.8 Å². The monoisotopic (exact) mass is 287 g/mol. The molecule has 3 rings (SSSR count). The van der Waals surface area contributed by atoms with Gasteiger partial charge in [0, 0.05) is 12.0 Å². The van der Waals surface area contributed by atoms with Gasteiger partial charge in [0.25, 0.3) is 0 Å². The minimum atomic E-state index is -0.582. The van der Waals surface area contributed by atoms with Gasteiger partial charge in [-0.3, -0.25) is 4.79 Å². The van der Waals surface area contributed by atoms with Crippen LogP contribution in [-0.4, -0.2) is 25.6 Å². The average Bonchev–Trinajstić information content (AvgIpc) is 2.83. The van der Waals surface area contributed by atoms with Crippen molar-refractivity contribution in [3.05, 3.63) is 23.3 Å². The van der Waals surface area contributed by atoms with E-state index < -0.39 is 5.54 Å². The topological polar surface area (TPSA) is 65.0 Å². The third-order valence-corrected chi connectivity index (χ3v) is 4.24. The highest BCUT2D eigenvalue weighted by Crippen LogP contribution is 2.49. The molecule has 1 saturated carbocycles. The number of rotatable bonds is 3. The number of hydrogen-bond donors (Lipinski definition) is 0. The van der Waals surface area contributed by atoms with Crippen LogP contribution in [0, 0.1) is 0 Å². The van der Waals surface area contributed by atoms with E-state index in [1.165, 1.54) is 0 Å². The quantitative estimate of drug-likeness (QED) is 0.487. The van der Waals surface area contributed by atoms with Crippen molar-refractivity contribution in [2.45, 2.75) is 37.6 Å². The first-order chi connectivity index (χ1) is 10.3. The second kappa shape index (κ2) is 5.70. The lowest BCUT2D eigenvalue weighted by atomic mass is 9.87. The molecule has 5 heteroatoms. The van der Waals surface area contributed by atoms with E-state index in [1.807, 2.05) is 6.07 Å². The molecule has 1 aromatic rings. The number of isocyanates is 1. The van der Waals surface area contributed by atoms with Crippen LogP contribution in [0.25, 0.3) is 0 Å². The minimum absolute atomic E-state index is 0.471.